The fraction of sp³-hybridized carbons (Fsp3) is 0.263. The highest BCUT2D eigenvalue weighted by atomic mass is 16.5. The largest absolute Gasteiger partial charge is 0.497 e. The molecule has 0 saturated carbocycles. The van der Waals surface area contributed by atoms with E-state index in [1.165, 1.54) is 6.92 Å². The van der Waals surface area contributed by atoms with Gasteiger partial charge in [0.1, 0.15) is 12.3 Å². The number of ether oxygens (including phenoxy) is 1. The van der Waals surface area contributed by atoms with Crippen molar-refractivity contribution in [3.8, 4) is 5.75 Å². The van der Waals surface area contributed by atoms with Crippen LogP contribution in [0.3, 0.4) is 0 Å². The molecule has 0 radical (unpaired) electrons. The molecule has 126 valence electrons. The number of anilines is 1. The zero-order valence-corrected chi connectivity index (χ0v) is 14.2. The number of rotatable bonds is 6. The predicted octanol–water partition coefficient (Wildman–Crippen LogP) is 3.24. The van der Waals surface area contributed by atoms with Gasteiger partial charge in [0.15, 0.2) is 0 Å². The van der Waals surface area contributed by atoms with E-state index in [4.69, 9.17) is 4.74 Å². The average Bonchev–Trinajstić information content (AvgIpc) is 2.60. The molecular formula is C19H22N2O3. The molecule has 0 heterocycles. The lowest BCUT2D eigenvalue weighted by Gasteiger charge is -2.28. The molecule has 1 N–H and O–H groups in total. The van der Waals surface area contributed by atoms with Gasteiger partial charge in [-0.2, -0.15) is 0 Å². The van der Waals surface area contributed by atoms with Crippen LogP contribution in [0.5, 0.6) is 5.75 Å². The van der Waals surface area contributed by atoms with Crippen LogP contribution in [0.2, 0.25) is 0 Å². The van der Waals surface area contributed by atoms with Crippen LogP contribution in [0.4, 0.5) is 5.69 Å². The maximum Gasteiger partial charge on any atom is 0.244 e. The van der Waals surface area contributed by atoms with E-state index < -0.39 is 0 Å². The number of benzene rings is 2. The van der Waals surface area contributed by atoms with E-state index in [0.29, 0.717) is 5.69 Å². The number of methoxy groups -OCH3 is 1. The highest BCUT2D eigenvalue weighted by Gasteiger charge is 2.21. The predicted molar refractivity (Wildman–Crippen MR) is 93.9 cm³/mol. The zero-order valence-electron chi connectivity index (χ0n) is 14.2. The Morgan fingerprint density at radius 3 is 2.25 bits per heavy atom. The summed E-state index contributed by atoms with van der Waals surface area (Å²) in [5.74, 6) is 0.338. The van der Waals surface area contributed by atoms with Crippen LogP contribution in [-0.4, -0.2) is 30.4 Å². The van der Waals surface area contributed by atoms with Crippen molar-refractivity contribution in [2.24, 2.45) is 0 Å². The Hall–Kier alpha value is -2.82. The van der Waals surface area contributed by atoms with Gasteiger partial charge in [0, 0.05) is 12.6 Å². The van der Waals surface area contributed by atoms with Crippen LogP contribution in [0.25, 0.3) is 0 Å². The summed E-state index contributed by atoms with van der Waals surface area (Å²) in [4.78, 5) is 25.8. The van der Waals surface area contributed by atoms with Gasteiger partial charge in [-0.25, -0.2) is 0 Å². The van der Waals surface area contributed by atoms with Gasteiger partial charge in [-0.1, -0.05) is 30.3 Å². The van der Waals surface area contributed by atoms with Crippen molar-refractivity contribution >= 4 is 17.5 Å². The molecule has 0 aliphatic rings. The monoisotopic (exact) mass is 326 g/mol. The van der Waals surface area contributed by atoms with Crippen molar-refractivity contribution in [3.63, 3.8) is 0 Å². The van der Waals surface area contributed by atoms with E-state index in [0.717, 1.165) is 11.3 Å². The summed E-state index contributed by atoms with van der Waals surface area (Å²) in [5, 5.41) is 2.80. The average molecular weight is 326 g/mol. The van der Waals surface area contributed by atoms with Crippen LogP contribution in [-0.2, 0) is 9.59 Å². The molecule has 5 nitrogen and oxygen atoms in total. The Balaban J connectivity index is 2.04. The second kappa shape index (κ2) is 8.15. The van der Waals surface area contributed by atoms with E-state index in [1.54, 1.807) is 36.3 Å². The van der Waals surface area contributed by atoms with Crippen LogP contribution < -0.4 is 10.1 Å². The molecule has 1 atom stereocenters. The minimum absolute atomic E-state index is 0.00256. The summed E-state index contributed by atoms with van der Waals surface area (Å²) >= 11 is 0. The molecule has 2 amide bonds. The van der Waals surface area contributed by atoms with Crippen LogP contribution >= 0.6 is 0 Å². The second-order valence-electron chi connectivity index (χ2n) is 5.51. The molecular weight excluding hydrogens is 304 g/mol. The highest BCUT2D eigenvalue weighted by molar-refractivity contribution is 5.94. The number of nitrogens with zero attached hydrogens (tertiary/aromatic N) is 1. The van der Waals surface area contributed by atoms with E-state index in [2.05, 4.69) is 5.32 Å². The minimum Gasteiger partial charge on any atom is -0.497 e. The molecule has 1 unspecified atom stereocenters. The SMILES string of the molecule is COc1ccc(NC(=O)CN(C(C)=O)C(C)c2ccccc2)cc1. The van der Waals surface area contributed by atoms with Crippen LogP contribution in [0, 0.1) is 0 Å². The molecule has 0 aliphatic heterocycles. The number of nitrogens with one attached hydrogen (secondary N) is 1. The summed E-state index contributed by atoms with van der Waals surface area (Å²) < 4.78 is 5.09. The summed E-state index contributed by atoms with van der Waals surface area (Å²) in [6.07, 6.45) is 0. The molecule has 2 aromatic rings. The van der Waals surface area contributed by atoms with Gasteiger partial charge in [-0.3, -0.25) is 9.59 Å². The van der Waals surface area contributed by atoms with Crippen LogP contribution in [0.1, 0.15) is 25.5 Å². The Bertz CT molecular complexity index is 684. The summed E-state index contributed by atoms with van der Waals surface area (Å²) in [7, 11) is 1.59. The summed E-state index contributed by atoms with van der Waals surface area (Å²) in [6.45, 7) is 3.38. The van der Waals surface area contributed by atoms with E-state index in [1.807, 2.05) is 37.3 Å². The molecule has 2 rings (SSSR count). The van der Waals surface area contributed by atoms with Gasteiger partial charge < -0.3 is 15.0 Å². The van der Waals surface area contributed by atoms with Crippen molar-refractivity contribution in [2.75, 3.05) is 19.0 Å². The first-order chi connectivity index (χ1) is 11.5. The third kappa shape index (κ3) is 4.59. The highest BCUT2D eigenvalue weighted by Crippen LogP contribution is 2.20. The quantitative estimate of drug-likeness (QED) is 0.886. The van der Waals surface area contributed by atoms with Crippen molar-refractivity contribution in [3.05, 3.63) is 60.2 Å². The molecule has 2 aromatic carbocycles. The molecule has 0 spiro atoms. The summed E-state index contributed by atoms with van der Waals surface area (Å²) in [5.41, 5.74) is 1.65. The van der Waals surface area contributed by atoms with Crippen LogP contribution in [0.15, 0.2) is 54.6 Å². The molecule has 0 aromatic heterocycles. The topological polar surface area (TPSA) is 58.6 Å². The molecule has 24 heavy (non-hydrogen) atoms. The number of hydrogen-bond donors (Lipinski definition) is 1. The Morgan fingerprint density at radius 2 is 1.71 bits per heavy atom. The van der Waals surface area contributed by atoms with Crippen molar-refractivity contribution < 1.29 is 14.3 Å². The Labute approximate surface area is 142 Å². The maximum absolute atomic E-state index is 12.3. The van der Waals surface area contributed by atoms with Crippen molar-refractivity contribution in [2.45, 2.75) is 19.9 Å². The van der Waals surface area contributed by atoms with Gasteiger partial charge in [0.2, 0.25) is 11.8 Å². The molecule has 5 heteroatoms. The first-order valence-electron chi connectivity index (χ1n) is 7.77. The normalized spacial score (nSPS) is 11.5. The lowest BCUT2D eigenvalue weighted by Crippen LogP contribution is -2.38. The number of hydrogen-bond acceptors (Lipinski definition) is 3. The third-order valence-corrected chi connectivity index (χ3v) is 3.84. The molecule has 0 bridgehead atoms. The van der Waals surface area contributed by atoms with E-state index >= 15 is 0 Å². The first-order valence-corrected chi connectivity index (χ1v) is 7.77. The Morgan fingerprint density at radius 1 is 1.08 bits per heavy atom. The number of carbonyl (C=O) groups excluding carboxylic acids is 2. The molecule has 0 fully saturated rings. The zero-order chi connectivity index (χ0) is 17.5. The van der Waals surface area contributed by atoms with Crippen molar-refractivity contribution in [1.29, 1.82) is 0 Å². The number of amides is 2. The Kier molecular flexibility index (Phi) is 5.95. The number of carbonyl (C=O) groups is 2. The first kappa shape index (κ1) is 17.5. The molecule has 0 saturated heterocycles. The standard InChI is InChI=1S/C19H22N2O3/c1-14(16-7-5-4-6-8-16)21(15(2)22)13-19(23)20-17-9-11-18(24-3)12-10-17/h4-12,14H,13H2,1-3H3,(H,20,23). The third-order valence-electron chi connectivity index (χ3n) is 3.84. The molecule has 0 aliphatic carbocycles. The lowest BCUT2D eigenvalue weighted by atomic mass is 10.1. The van der Waals surface area contributed by atoms with Gasteiger partial charge in [-0.15, -0.1) is 0 Å². The van der Waals surface area contributed by atoms with Gasteiger partial charge >= 0.3 is 0 Å². The van der Waals surface area contributed by atoms with E-state index in [-0.39, 0.29) is 24.4 Å². The van der Waals surface area contributed by atoms with Gasteiger partial charge in [0.05, 0.1) is 13.2 Å². The second-order valence-corrected chi connectivity index (χ2v) is 5.51. The summed E-state index contributed by atoms with van der Waals surface area (Å²) in [6, 6.07) is 16.5. The van der Waals surface area contributed by atoms with E-state index in [9.17, 15) is 9.59 Å². The smallest absolute Gasteiger partial charge is 0.244 e. The van der Waals surface area contributed by atoms with Gasteiger partial charge in [0.25, 0.3) is 0 Å². The minimum atomic E-state index is -0.238. The fourth-order valence-corrected chi connectivity index (χ4v) is 2.46. The lowest BCUT2D eigenvalue weighted by molar-refractivity contribution is -0.134. The fourth-order valence-electron chi connectivity index (χ4n) is 2.46. The van der Waals surface area contributed by atoms with Gasteiger partial charge in [-0.05, 0) is 36.8 Å². The maximum atomic E-state index is 12.3. The van der Waals surface area contributed by atoms with Crippen molar-refractivity contribution in [1.82, 2.24) is 4.90 Å².